The van der Waals surface area contributed by atoms with Gasteiger partial charge in [-0.15, -0.1) is 0 Å². The van der Waals surface area contributed by atoms with E-state index in [1.54, 1.807) is 6.26 Å². The van der Waals surface area contributed by atoms with Gasteiger partial charge in [-0.3, -0.25) is 4.79 Å². The average molecular weight is 341 g/mol. The number of hydrogen-bond acceptors (Lipinski definition) is 4. The van der Waals surface area contributed by atoms with Crippen molar-refractivity contribution in [1.29, 1.82) is 0 Å². The first kappa shape index (κ1) is 17.3. The van der Waals surface area contributed by atoms with Crippen molar-refractivity contribution in [2.45, 2.75) is 33.8 Å². The monoisotopic (exact) mass is 341 g/mol. The fraction of sp³-hybridized carbons (Fsp3) is 0.350. The minimum absolute atomic E-state index is 0.184. The number of carbonyl (C=O) groups excluding carboxylic acids is 1. The number of ether oxygens (including phenoxy) is 1. The lowest BCUT2D eigenvalue weighted by Crippen LogP contribution is -2.25. The zero-order chi connectivity index (χ0) is 17.8. The number of aryl methyl sites for hydroxylation is 3. The standard InChI is InChI=1S/C20H23NO4/c1-13-10-14(2)18-15(3)19(25-17(18)11-13)20(22)21-7-5-8-23-12-16-6-4-9-24-16/h4,6,9-11H,5,7-8,12H2,1-3H3,(H,21,22). The maximum Gasteiger partial charge on any atom is 0.287 e. The Kier molecular flexibility index (Phi) is 5.24. The molecule has 0 radical (unpaired) electrons. The topological polar surface area (TPSA) is 64.6 Å². The second-order valence-corrected chi connectivity index (χ2v) is 6.25. The summed E-state index contributed by atoms with van der Waals surface area (Å²) in [6.07, 6.45) is 2.35. The highest BCUT2D eigenvalue weighted by atomic mass is 16.5. The molecular formula is C20H23NO4. The van der Waals surface area contributed by atoms with E-state index in [2.05, 4.69) is 11.4 Å². The minimum Gasteiger partial charge on any atom is -0.467 e. The lowest BCUT2D eigenvalue weighted by Gasteiger charge is -2.04. The SMILES string of the molecule is Cc1cc(C)c2c(C)c(C(=O)NCCCOCc3ccco3)oc2c1. The van der Waals surface area contributed by atoms with Crippen LogP contribution < -0.4 is 5.32 Å². The molecule has 1 aromatic carbocycles. The lowest BCUT2D eigenvalue weighted by atomic mass is 10.0. The average Bonchev–Trinajstić information content (AvgIpc) is 3.18. The number of fused-ring (bicyclic) bond motifs is 1. The molecule has 25 heavy (non-hydrogen) atoms. The van der Waals surface area contributed by atoms with Crippen LogP contribution in [0.25, 0.3) is 11.0 Å². The van der Waals surface area contributed by atoms with Crippen molar-refractivity contribution in [2.75, 3.05) is 13.2 Å². The van der Waals surface area contributed by atoms with Gasteiger partial charge >= 0.3 is 0 Å². The molecule has 132 valence electrons. The van der Waals surface area contributed by atoms with E-state index in [1.165, 1.54) is 0 Å². The number of rotatable bonds is 7. The summed E-state index contributed by atoms with van der Waals surface area (Å²) in [5.41, 5.74) is 3.90. The van der Waals surface area contributed by atoms with Crippen molar-refractivity contribution in [3.8, 4) is 0 Å². The summed E-state index contributed by atoms with van der Waals surface area (Å²) in [6.45, 7) is 7.52. The van der Waals surface area contributed by atoms with E-state index in [9.17, 15) is 4.79 Å². The number of furan rings is 2. The maximum absolute atomic E-state index is 12.4. The van der Waals surface area contributed by atoms with Gasteiger partial charge in [0.2, 0.25) is 0 Å². The third-order valence-corrected chi connectivity index (χ3v) is 4.15. The van der Waals surface area contributed by atoms with Crippen molar-refractivity contribution in [3.05, 3.63) is 58.7 Å². The molecule has 3 rings (SSSR count). The fourth-order valence-corrected chi connectivity index (χ4v) is 3.03. The van der Waals surface area contributed by atoms with E-state index >= 15 is 0 Å². The second-order valence-electron chi connectivity index (χ2n) is 6.25. The molecule has 1 amide bonds. The number of amides is 1. The van der Waals surface area contributed by atoms with E-state index < -0.39 is 0 Å². The number of benzene rings is 1. The molecule has 0 fully saturated rings. The van der Waals surface area contributed by atoms with E-state index in [0.29, 0.717) is 25.5 Å². The van der Waals surface area contributed by atoms with Crippen molar-refractivity contribution in [2.24, 2.45) is 0 Å². The quantitative estimate of drug-likeness (QED) is 0.651. The van der Waals surface area contributed by atoms with Crippen molar-refractivity contribution in [1.82, 2.24) is 5.32 Å². The molecule has 0 aliphatic heterocycles. The van der Waals surface area contributed by atoms with Gasteiger partial charge in [0, 0.05) is 24.1 Å². The summed E-state index contributed by atoms with van der Waals surface area (Å²) in [6, 6.07) is 7.77. The van der Waals surface area contributed by atoms with Gasteiger partial charge in [0.05, 0.1) is 6.26 Å². The Morgan fingerprint density at radius 2 is 2.08 bits per heavy atom. The van der Waals surface area contributed by atoms with E-state index in [-0.39, 0.29) is 5.91 Å². The van der Waals surface area contributed by atoms with Gasteiger partial charge in [0.25, 0.3) is 5.91 Å². The molecule has 3 aromatic rings. The third kappa shape index (κ3) is 3.94. The first-order chi connectivity index (χ1) is 12.1. The predicted octanol–water partition coefficient (Wildman–Crippen LogP) is 4.29. The summed E-state index contributed by atoms with van der Waals surface area (Å²) in [5.74, 6) is 1.00. The molecule has 0 aliphatic rings. The Hall–Kier alpha value is -2.53. The van der Waals surface area contributed by atoms with E-state index in [0.717, 1.165) is 39.8 Å². The first-order valence-corrected chi connectivity index (χ1v) is 8.45. The van der Waals surface area contributed by atoms with Crippen LogP contribution in [0.2, 0.25) is 0 Å². The molecule has 0 saturated heterocycles. The summed E-state index contributed by atoms with van der Waals surface area (Å²) in [7, 11) is 0. The summed E-state index contributed by atoms with van der Waals surface area (Å²) in [4.78, 5) is 12.4. The molecule has 2 heterocycles. The van der Waals surface area contributed by atoms with Crippen LogP contribution in [0.1, 0.15) is 39.4 Å². The highest BCUT2D eigenvalue weighted by Gasteiger charge is 2.18. The van der Waals surface area contributed by atoms with Crippen LogP contribution in [0, 0.1) is 20.8 Å². The Morgan fingerprint density at radius 3 is 2.84 bits per heavy atom. The normalized spacial score (nSPS) is 11.2. The lowest BCUT2D eigenvalue weighted by molar-refractivity contribution is 0.0895. The number of carbonyl (C=O) groups is 1. The molecule has 1 N–H and O–H groups in total. The highest BCUT2D eigenvalue weighted by Crippen LogP contribution is 2.29. The molecule has 0 atom stereocenters. The molecule has 0 aliphatic carbocycles. The Morgan fingerprint density at radius 1 is 1.24 bits per heavy atom. The molecule has 0 saturated carbocycles. The van der Waals surface area contributed by atoms with Crippen LogP contribution in [0.3, 0.4) is 0 Å². The van der Waals surface area contributed by atoms with Gasteiger partial charge in [0.1, 0.15) is 18.0 Å². The van der Waals surface area contributed by atoms with Crippen molar-refractivity contribution >= 4 is 16.9 Å². The van der Waals surface area contributed by atoms with Crippen LogP contribution in [-0.2, 0) is 11.3 Å². The minimum atomic E-state index is -0.184. The van der Waals surface area contributed by atoms with Crippen LogP contribution in [-0.4, -0.2) is 19.1 Å². The van der Waals surface area contributed by atoms with E-state index in [1.807, 2.05) is 39.0 Å². The molecule has 0 spiro atoms. The molecule has 0 unspecified atom stereocenters. The Labute approximate surface area is 147 Å². The van der Waals surface area contributed by atoms with Gasteiger partial charge in [-0.25, -0.2) is 0 Å². The molecular weight excluding hydrogens is 318 g/mol. The maximum atomic E-state index is 12.4. The second kappa shape index (κ2) is 7.57. The zero-order valence-electron chi connectivity index (χ0n) is 14.8. The Balaban J connectivity index is 1.52. The van der Waals surface area contributed by atoms with E-state index in [4.69, 9.17) is 13.6 Å². The highest BCUT2D eigenvalue weighted by molar-refractivity contribution is 5.99. The largest absolute Gasteiger partial charge is 0.467 e. The number of nitrogens with one attached hydrogen (secondary N) is 1. The van der Waals surface area contributed by atoms with Crippen LogP contribution >= 0.6 is 0 Å². The molecule has 5 heteroatoms. The first-order valence-electron chi connectivity index (χ1n) is 8.45. The van der Waals surface area contributed by atoms with Gasteiger partial charge in [-0.2, -0.15) is 0 Å². The summed E-state index contributed by atoms with van der Waals surface area (Å²) in [5, 5.41) is 3.92. The molecule has 2 aromatic heterocycles. The predicted molar refractivity (Wildman–Crippen MR) is 95.7 cm³/mol. The summed E-state index contributed by atoms with van der Waals surface area (Å²) >= 11 is 0. The molecule has 0 bridgehead atoms. The molecule has 5 nitrogen and oxygen atoms in total. The van der Waals surface area contributed by atoms with Crippen LogP contribution in [0.15, 0.2) is 39.4 Å². The van der Waals surface area contributed by atoms with Crippen LogP contribution in [0.5, 0.6) is 0 Å². The third-order valence-electron chi connectivity index (χ3n) is 4.15. The van der Waals surface area contributed by atoms with Crippen molar-refractivity contribution in [3.63, 3.8) is 0 Å². The smallest absolute Gasteiger partial charge is 0.287 e. The zero-order valence-corrected chi connectivity index (χ0v) is 14.8. The number of hydrogen-bond donors (Lipinski definition) is 1. The van der Waals surface area contributed by atoms with Gasteiger partial charge in [-0.05, 0) is 56.5 Å². The summed E-state index contributed by atoms with van der Waals surface area (Å²) < 4.78 is 16.5. The van der Waals surface area contributed by atoms with Crippen LogP contribution in [0.4, 0.5) is 0 Å². The Bertz CT molecular complexity index is 862. The van der Waals surface area contributed by atoms with Gasteiger partial charge in [-0.1, -0.05) is 6.07 Å². The fourth-order valence-electron chi connectivity index (χ4n) is 3.03. The van der Waals surface area contributed by atoms with Gasteiger partial charge < -0.3 is 18.9 Å². The van der Waals surface area contributed by atoms with Gasteiger partial charge in [0.15, 0.2) is 5.76 Å². The van der Waals surface area contributed by atoms with Crippen molar-refractivity contribution < 1.29 is 18.4 Å².